The van der Waals surface area contributed by atoms with Crippen LogP contribution in [0.3, 0.4) is 0 Å². The van der Waals surface area contributed by atoms with Crippen molar-refractivity contribution in [1.29, 1.82) is 0 Å². The van der Waals surface area contributed by atoms with E-state index < -0.39 is 0 Å². The topological polar surface area (TPSA) is 21.3 Å². The van der Waals surface area contributed by atoms with Crippen LogP contribution in [-0.4, -0.2) is 4.57 Å². The Balaban J connectivity index is 1.18. The van der Waals surface area contributed by atoms with Crippen LogP contribution in [-0.2, 0) is 0 Å². The molecule has 55 heavy (non-hydrogen) atoms. The highest BCUT2D eigenvalue weighted by atomic mass is 16.3. The van der Waals surface area contributed by atoms with Gasteiger partial charge in [-0.15, -0.1) is 0 Å². The van der Waals surface area contributed by atoms with E-state index in [-0.39, 0.29) is 0 Å². The molecule has 0 bridgehead atoms. The molecule has 0 aliphatic rings. The lowest BCUT2D eigenvalue weighted by Crippen LogP contribution is -2.09. The first-order chi connectivity index (χ1) is 27.3. The minimum absolute atomic E-state index is 0.883. The first-order valence-electron chi connectivity index (χ1n) is 18.8. The average Bonchev–Trinajstić information content (AvgIpc) is 3.79. The van der Waals surface area contributed by atoms with Gasteiger partial charge in [0, 0.05) is 55.6 Å². The Bertz CT molecular complexity index is 3130. The maximum absolute atomic E-state index is 6.67. The summed E-state index contributed by atoms with van der Waals surface area (Å²) in [7, 11) is 0. The van der Waals surface area contributed by atoms with Gasteiger partial charge in [0.05, 0.1) is 16.7 Å². The Morgan fingerprint density at radius 3 is 1.71 bits per heavy atom. The number of fused-ring (bicyclic) bond motifs is 7. The van der Waals surface area contributed by atoms with Crippen molar-refractivity contribution in [2.75, 3.05) is 4.90 Å². The normalized spacial score (nSPS) is 11.6. The van der Waals surface area contributed by atoms with Crippen molar-refractivity contribution in [2.24, 2.45) is 0 Å². The van der Waals surface area contributed by atoms with Crippen molar-refractivity contribution in [3.05, 3.63) is 206 Å². The molecule has 0 spiro atoms. The Kier molecular flexibility index (Phi) is 7.17. The second-order valence-corrected chi connectivity index (χ2v) is 14.1. The molecule has 0 fully saturated rings. The minimum atomic E-state index is 0.883. The predicted molar refractivity (Wildman–Crippen MR) is 231 cm³/mol. The summed E-state index contributed by atoms with van der Waals surface area (Å²) in [6.45, 7) is 0. The second kappa shape index (κ2) is 12.6. The fourth-order valence-corrected chi connectivity index (χ4v) is 8.52. The Hall–Kier alpha value is -7.36. The SMILES string of the molecule is c1ccc(-c2c3c(cc4c2c2cc(-c5ccc(N(c6ccccc6)c6ccccc6)cc5)ccc2n4-c2cccc4ccccc24)oc2ccccc23)cc1. The summed E-state index contributed by atoms with van der Waals surface area (Å²) in [5.41, 5.74) is 13.2. The molecule has 11 rings (SSSR count). The van der Waals surface area contributed by atoms with Crippen LogP contribution in [0.5, 0.6) is 0 Å². The number of hydrogen-bond acceptors (Lipinski definition) is 2. The lowest BCUT2D eigenvalue weighted by atomic mass is 9.93. The zero-order valence-electron chi connectivity index (χ0n) is 29.9. The number of aromatic nitrogens is 1. The molecule has 3 nitrogen and oxygen atoms in total. The zero-order chi connectivity index (χ0) is 36.3. The maximum atomic E-state index is 6.67. The molecule has 0 aliphatic carbocycles. The summed E-state index contributed by atoms with van der Waals surface area (Å²) in [5, 5.41) is 7.09. The molecular weight excluding hydrogens is 669 g/mol. The van der Waals surface area contributed by atoms with Gasteiger partial charge in [-0.3, -0.25) is 0 Å². The number of nitrogens with zero attached hydrogens (tertiary/aromatic N) is 2. The Morgan fingerprint density at radius 2 is 0.964 bits per heavy atom. The van der Waals surface area contributed by atoms with E-state index in [0.29, 0.717) is 0 Å². The number of furan rings is 1. The third-order valence-corrected chi connectivity index (χ3v) is 11.0. The predicted octanol–water partition coefficient (Wildman–Crippen LogP) is 14.6. The number of para-hydroxylation sites is 3. The monoisotopic (exact) mass is 702 g/mol. The van der Waals surface area contributed by atoms with Crippen molar-refractivity contribution in [2.45, 2.75) is 0 Å². The van der Waals surface area contributed by atoms with Gasteiger partial charge in [0.1, 0.15) is 11.2 Å². The van der Waals surface area contributed by atoms with E-state index in [1.807, 2.05) is 0 Å². The maximum Gasteiger partial charge on any atom is 0.138 e. The molecule has 11 aromatic rings. The van der Waals surface area contributed by atoms with Crippen molar-refractivity contribution in [1.82, 2.24) is 4.57 Å². The molecule has 0 saturated heterocycles. The molecule has 3 heteroatoms. The highest BCUT2D eigenvalue weighted by Crippen LogP contribution is 2.47. The first kappa shape index (κ1) is 31.2. The molecule has 0 atom stereocenters. The first-order valence-corrected chi connectivity index (χ1v) is 18.8. The molecule has 0 amide bonds. The summed E-state index contributed by atoms with van der Waals surface area (Å²) in [5.74, 6) is 0. The lowest BCUT2D eigenvalue weighted by Gasteiger charge is -2.25. The van der Waals surface area contributed by atoms with E-state index in [9.17, 15) is 0 Å². The zero-order valence-corrected chi connectivity index (χ0v) is 29.9. The quantitative estimate of drug-likeness (QED) is 0.172. The average molecular weight is 703 g/mol. The number of hydrogen-bond donors (Lipinski definition) is 0. The van der Waals surface area contributed by atoms with Gasteiger partial charge < -0.3 is 13.9 Å². The summed E-state index contributed by atoms with van der Waals surface area (Å²) in [6, 6.07) is 73.8. The van der Waals surface area contributed by atoms with Crippen LogP contribution in [0, 0.1) is 0 Å². The van der Waals surface area contributed by atoms with Gasteiger partial charge in [-0.05, 0) is 82.7 Å². The van der Waals surface area contributed by atoms with E-state index in [4.69, 9.17) is 4.42 Å². The van der Waals surface area contributed by atoms with E-state index in [1.165, 1.54) is 32.7 Å². The van der Waals surface area contributed by atoms with Gasteiger partial charge in [-0.1, -0.05) is 140 Å². The van der Waals surface area contributed by atoms with Crippen LogP contribution >= 0.6 is 0 Å². The van der Waals surface area contributed by atoms with E-state index in [1.54, 1.807) is 0 Å². The standard InChI is InChI=1S/C52H34N2O/c1-4-16-37(17-5-1)50-51-44-33-38(35-27-30-41(31-28-35)53(39-19-6-2-7-20-39)40-21-8-3-9-22-40)29-32-46(44)54(45-25-14-18-36-15-10-11-23-42(36)45)47(51)34-49-52(50)43-24-12-13-26-48(43)55-49/h1-34H. The van der Waals surface area contributed by atoms with E-state index in [2.05, 4.69) is 216 Å². The highest BCUT2D eigenvalue weighted by molar-refractivity contribution is 6.27. The summed E-state index contributed by atoms with van der Waals surface area (Å²) < 4.78 is 9.11. The van der Waals surface area contributed by atoms with Crippen LogP contribution in [0.15, 0.2) is 211 Å². The van der Waals surface area contributed by atoms with Crippen molar-refractivity contribution in [3.8, 4) is 27.9 Å². The second-order valence-electron chi connectivity index (χ2n) is 14.1. The number of benzene rings is 9. The lowest BCUT2D eigenvalue weighted by molar-refractivity contribution is 0.669. The molecule has 9 aromatic carbocycles. The Morgan fingerprint density at radius 1 is 0.364 bits per heavy atom. The van der Waals surface area contributed by atoms with Gasteiger partial charge in [0.2, 0.25) is 0 Å². The van der Waals surface area contributed by atoms with Gasteiger partial charge >= 0.3 is 0 Å². The van der Waals surface area contributed by atoms with Crippen molar-refractivity contribution < 1.29 is 4.42 Å². The molecule has 258 valence electrons. The van der Waals surface area contributed by atoms with Crippen molar-refractivity contribution in [3.63, 3.8) is 0 Å². The van der Waals surface area contributed by atoms with Gasteiger partial charge in [-0.25, -0.2) is 0 Å². The van der Waals surface area contributed by atoms with Crippen LogP contribution in [0.2, 0.25) is 0 Å². The fourth-order valence-electron chi connectivity index (χ4n) is 8.52. The molecular formula is C52H34N2O. The van der Waals surface area contributed by atoms with E-state index >= 15 is 0 Å². The minimum Gasteiger partial charge on any atom is -0.456 e. The molecule has 0 saturated carbocycles. The van der Waals surface area contributed by atoms with Crippen molar-refractivity contribution >= 4 is 71.6 Å². The highest BCUT2D eigenvalue weighted by Gasteiger charge is 2.24. The smallest absolute Gasteiger partial charge is 0.138 e. The third kappa shape index (κ3) is 5.05. The van der Waals surface area contributed by atoms with Crippen LogP contribution in [0.1, 0.15) is 0 Å². The van der Waals surface area contributed by atoms with Gasteiger partial charge in [0.25, 0.3) is 0 Å². The fraction of sp³-hybridized carbons (Fsp3) is 0. The Labute approximate surface area is 318 Å². The summed E-state index contributed by atoms with van der Waals surface area (Å²) in [6.07, 6.45) is 0. The molecule has 0 aliphatic heterocycles. The molecule has 0 radical (unpaired) electrons. The van der Waals surface area contributed by atoms with Crippen LogP contribution in [0.25, 0.3) is 82.5 Å². The third-order valence-electron chi connectivity index (χ3n) is 11.0. The molecule has 0 unspecified atom stereocenters. The van der Waals surface area contributed by atoms with Gasteiger partial charge in [0.15, 0.2) is 0 Å². The molecule has 0 N–H and O–H groups in total. The van der Waals surface area contributed by atoms with E-state index in [0.717, 1.165) is 66.8 Å². The van der Waals surface area contributed by atoms with Gasteiger partial charge in [-0.2, -0.15) is 0 Å². The van der Waals surface area contributed by atoms with Crippen LogP contribution < -0.4 is 4.90 Å². The summed E-state index contributed by atoms with van der Waals surface area (Å²) in [4.78, 5) is 2.30. The molecule has 2 aromatic heterocycles. The summed E-state index contributed by atoms with van der Waals surface area (Å²) >= 11 is 0. The number of rotatable bonds is 6. The van der Waals surface area contributed by atoms with Crippen LogP contribution in [0.4, 0.5) is 17.1 Å². The largest absolute Gasteiger partial charge is 0.456 e. The molecule has 2 heterocycles. The number of anilines is 3.